The van der Waals surface area contributed by atoms with Gasteiger partial charge in [0.2, 0.25) is 0 Å². The van der Waals surface area contributed by atoms with Crippen molar-refractivity contribution >= 4 is 33.2 Å². The molecule has 0 spiro atoms. The third-order valence-corrected chi connectivity index (χ3v) is 3.91. The van der Waals surface area contributed by atoms with Crippen LogP contribution in [0.15, 0.2) is 22.4 Å². The first-order chi connectivity index (χ1) is 6.77. The quantitative estimate of drug-likeness (QED) is 0.724. The predicted molar refractivity (Wildman–Crippen MR) is 60.1 cm³/mol. The normalized spacial score (nSPS) is 10.8. The molecule has 74 valence electrons. The van der Waals surface area contributed by atoms with E-state index in [4.69, 9.17) is 4.74 Å². The molecule has 1 nitrogen and oxygen atoms in total. The molecule has 0 fully saturated rings. The molecule has 4 heteroatoms. The van der Waals surface area contributed by atoms with E-state index in [0.29, 0.717) is 11.1 Å². The van der Waals surface area contributed by atoms with Crippen molar-refractivity contribution in [2.24, 2.45) is 0 Å². The summed E-state index contributed by atoms with van der Waals surface area (Å²) < 4.78 is 19.6. The van der Waals surface area contributed by atoms with Crippen LogP contribution in [0.5, 0.6) is 5.75 Å². The number of benzene rings is 1. The Hall–Kier alpha value is -0.740. The number of thioether (sulfide) groups is 1. The molecule has 0 aliphatic heterocycles. The number of ether oxygens (including phenoxy) is 1. The first-order valence-electron chi connectivity index (χ1n) is 4.05. The van der Waals surface area contributed by atoms with Gasteiger partial charge in [0, 0.05) is 11.5 Å². The van der Waals surface area contributed by atoms with Gasteiger partial charge in [-0.3, -0.25) is 0 Å². The van der Waals surface area contributed by atoms with Gasteiger partial charge in [-0.15, -0.1) is 23.1 Å². The van der Waals surface area contributed by atoms with Crippen molar-refractivity contribution < 1.29 is 9.13 Å². The molecule has 0 aliphatic carbocycles. The van der Waals surface area contributed by atoms with Gasteiger partial charge in [0.25, 0.3) is 0 Å². The van der Waals surface area contributed by atoms with Crippen LogP contribution >= 0.6 is 23.1 Å². The summed E-state index contributed by atoms with van der Waals surface area (Å²) in [6, 6.07) is 3.25. The third-order valence-electron chi connectivity index (χ3n) is 2.03. The van der Waals surface area contributed by atoms with Gasteiger partial charge in [-0.05, 0) is 17.7 Å². The van der Waals surface area contributed by atoms with Gasteiger partial charge < -0.3 is 4.74 Å². The van der Waals surface area contributed by atoms with Crippen LogP contribution in [-0.4, -0.2) is 13.4 Å². The molecule has 0 aliphatic rings. The van der Waals surface area contributed by atoms with Crippen molar-refractivity contribution in [1.29, 1.82) is 0 Å². The molecule has 0 N–H and O–H groups in total. The summed E-state index contributed by atoms with van der Waals surface area (Å²) in [5.41, 5.74) is 0. The van der Waals surface area contributed by atoms with Crippen molar-refractivity contribution in [3.63, 3.8) is 0 Å². The number of hydrogen-bond donors (Lipinski definition) is 0. The fraction of sp³-hybridized carbons (Fsp3) is 0.200. The standard InChI is InChI=1S/C10H9FOS2/c1-12-8-5-7(11)6-3-4-14-9(6)10(8)13-2/h3-5H,1-2H3. The van der Waals surface area contributed by atoms with Crippen molar-refractivity contribution in [1.82, 2.24) is 0 Å². The molecule has 0 atom stereocenters. The average molecular weight is 228 g/mol. The van der Waals surface area contributed by atoms with Crippen molar-refractivity contribution in [2.75, 3.05) is 13.4 Å². The molecule has 2 rings (SSSR count). The van der Waals surface area contributed by atoms with E-state index < -0.39 is 0 Å². The highest BCUT2D eigenvalue weighted by atomic mass is 32.2. The lowest BCUT2D eigenvalue weighted by molar-refractivity contribution is 0.403. The van der Waals surface area contributed by atoms with Crippen LogP contribution in [0.25, 0.3) is 10.1 Å². The van der Waals surface area contributed by atoms with Crippen LogP contribution in [0.2, 0.25) is 0 Å². The Labute approximate surface area is 89.9 Å². The number of halogens is 1. The molecule has 0 saturated heterocycles. The minimum atomic E-state index is -0.212. The maximum atomic E-state index is 13.5. The van der Waals surface area contributed by atoms with E-state index in [1.54, 1.807) is 36.3 Å². The average Bonchev–Trinajstić information content (AvgIpc) is 2.66. The Kier molecular flexibility index (Phi) is 2.65. The number of rotatable bonds is 2. The van der Waals surface area contributed by atoms with E-state index in [-0.39, 0.29) is 5.82 Å². The molecule has 1 heterocycles. The number of thiophene rings is 1. The van der Waals surface area contributed by atoms with E-state index in [1.807, 2.05) is 11.6 Å². The van der Waals surface area contributed by atoms with Gasteiger partial charge >= 0.3 is 0 Å². The highest BCUT2D eigenvalue weighted by molar-refractivity contribution is 7.99. The first-order valence-corrected chi connectivity index (χ1v) is 6.16. The zero-order chi connectivity index (χ0) is 10.1. The summed E-state index contributed by atoms with van der Waals surface area (Å²) in [5, 5.41) is 2.58. The molecule has 0 saturated carbocycles. The zero-order valence-corrected chi connectivity index (χ0v) is 9.47. The molecular formula is C10H9FOS2. The number of fused-ring (bicyclic) bond motifs is 1. The molecular weight excluding hydrogens is 219 g/mol. The monoisotopic (exact) mass is 228 g/mol. The smallest absolute Gasteiger partial charge is 0.136 e. The second-order valence-corrected chi connectivity index (χ2v) is 4.49. The summed E-state index contributed by atoms with van der Waals surface area (Å²) in [6.45, 7) is 0. The molecule has 1 aromatic heterocycles. The number of hydrogen-bond acceptors (Lipinski definition) is 3. The summed E-state index contributed by atoms with van der Waals surface area (Å²) >= 11 is 3.12. The van der Waals surface area contributed by atoms with Gasteiger partial charge in [-0.25, -0.2) is 4.39 Å². The molecule has 1 aromatic carbocycles. The van der Waals surface area contributed by atoms with E-state index >= 15 is 0 Å². The molecule has 14 heavy (non-hydrogen) atoms. The van der Waals surface area contributed by atoms with Crippen molar-refractivity contribution in [2.45, 2.75) is 4.90 Å². The second-order valence-electron chi connectivity index (χ2n) is 2.76. The molecule has 0 radical (unpaired) electrons. The van der Waals surface area contributed by atoms with Gasteiger partial charge in [-0.2, -0.15) is 0 Å². The summed E-state index contributed by atoms with van der Waals surface area (Å²) in [4.78, 5) is 1.01. The van der Waals surface area contributed by atoms with E-state index in [1.165, 1.54) is 6.07 Å². The largest absolute Gasteiger partial charge is 0.495 e. The van der Waals surface area contributed by atoms with Gasteiger partial charge in [0.05, 0.1) is 16.7 Å². The topological polar surface area (TPSA) is 9.23 Å². The SMILES string of the molecule is COc1cc(F)c2ccsc2c1SC. The summed E-state index contributed by atoms with van der Waals surface area (Å²) in [6.07, 6.45) is 1.97. The summed E-state index contributed by atoms with van der Waals surface area (Å²) in [7, 11) is 1.56. The zero-order valence-electron chi connectivity index (χ0n) is 7.83. The lowest BCUT2D eigenvalue weighted by Crippen LogP contribution is -1.88. The van der Waals surface area contributed by atoms with Gasteiger partial charge in [0.1, 0.15) is 11.6 Å². The lowest BCUT2D eigenvalue weighted by Gasteiger charge is -2.07. The highest BCUT2D eigenvalue weighted by Gasteiger charge is 2.12. The van der Waals surface area contributed by atoms with Crippen molar-refractivity contribution in [3.8, 4) is 5.75 Å². The fourth-order valence-electron chi connectivity index (χ4n) is 1.39. The predicted octanol–water partition coefficient (Wildman–Crippen LogP) is 3.77. The fourth-order valence-corrected chi connectivity index (χ4v) is 3.26. The van der Waals surface area contributed by atoms with Crippen LogP contribution in [0.4, 0.5) is 4.39 Å². The Morgan fingerprint density at radius 3 is 2.93 bits per heavy atom. The number of methoxy groups -OCH3 is 1. The van der Waals surface area contributed by atoms with E-state index in [9.17, 15) is 4.39 Å². The van der Waals surface area contributed by atoms with Crippen LogP contribution < -0.4 is 4.74 Å². The first kappa shape index (κ1) is 9.80. The molecule has 2 aromatic rings. The minimum Gasteiger partial charge on any atom is -0.495 e. The Morgan fingerprint density at radius 2 is 2.29 bits per heavy atom. The van der Waals surface area contributed by atoms with Crippen molar-refractivity contribution in [3.05, 3.63) is 23.3 Å². The van der Waals surface area contributed by atoms with Crippen LogP contribution in [0.3, 0.4) is 0 Å². The summed E-state index contributed by atoms with van der Waals surface area (Å²) in [5.74, 6) is 0.404. The Balaban J connectivity index is 2.82. The van der Waals surface area contributed by atoms with Gasteiger partial charge in [-0.1, -0.05) is 0 Å². The van der Waals surface area contributed by atoms with Crippen LogP contribution in [-0.2, 0) is 0 Å². The molecule has 0 amide bonds. The Bertz CT molecular complexity index is 464. The maximum absolute atomic E-state index is 13.5. The second kappa shape index (κ2) is 3.79. The minimum absolute atomic E-state index is 0.212. The Morgan fingerprint density at radius 1 is 1.50 bits per heavy atom. The lowest BCUT2D eigenvalue weighted by atomic mass is 10.2. The third kappa shape index (κ3) is 1.38. The molecule has 0 bridgehead atoms. The van der Waals surface area contributed by atoms with Gasteiger partial charge in [0.15, 0.2) is 0 Å². The van der Waals surface area contributed by atoms with E-state index in [0.717, 1.165) is 9.60 Å². The highest BCUT2D eigenvalue weighted by Crippen LogP contribution is 2.39. The van der Waals surface area contributed by atoms with Crippen LogP contribution in [0.1, 0.15) is 0 Å². The molecule has 0 unspecified atom stereocenters. The maximum Gasteiger partial charge on any atom is 0.136 e. The van der Waals surface area contributed by atoms with Crippen LogP contribution in [0, 0.1) is 5.82 Å². The van der Waals surface area contributed by atoms with E-state index in [2.05, 4.69) is 0 Å².